The molecule has 1 aliphatic heterocycles. The van der Waals surface area contributed by atoms with E-state index in [-0.39, 0.29) is 13.1 Å². The highest BCUT2D eigenvalue weighted by molar-refractivity contribution is 5.75. The number of hydrogen-bond donors (Lipinski definition) is 2. The van der Waals surface area contributed by atoms with Gasteiger partial charge in [-0.15, -0.1) is 0 Å². The van der Waals surface area contributed by atoms with Crippen LogP contribution in [0.1, 0.15) is 12.8 Å². The molecule has 0 aliphatic carbocycles. The number of rotatable bonds is 5. The Morgan fingerprint density at radius 1 is 1.14 bits per heavy atom. The lowest BCUT2D eigenvalue weighted by Crippen LogP contribution is -2.57. The summed E-state index contributed by atoms with van der Waals surface area (Å²) in [7, 11) is 0. The molecule has 0 spiro atoms. The second-order valence-corrected chi connectivity index (χ2v) is 4.76. The van der Waals surface area contributed by atoms with E-state index in [1.165, 1.54) is 4.90 Å². The fourth-order valence-corrected chi connectivity index (χ4v) is 2.00. The molecule has 124 valence electrons. The monoisotopic (exact) mass is 321 g/mol. The predicted molar refractivity (Wildman–Crippen MR) is 62.6 cm³/mol. The molecular weight excluding hydrogens is 304 g/mol. The maximum Gasteiger partial charge on any atom is 0.405 e. The molecule has 1 aliphatic rings. The first-order valence-corrected chi connectivity index (χ1v) is 6.44. The van der Waals surface area contributed by atoms with Crippen molar-refractivity contribution >= 4 is 5.91 Å². The summed E-state index contributed by atoms with van der Waals surface area (Å²) in [6, 6.07) is -1.88. The molecule has 1 rings (SSSR count). The van der Waals surface area contributed by atoms with E-state index in [9.17, 15) is 31.1 Å². The summed E-state index contributed by atoms with van der Waals surface area (Å²) >= 11 is 0. The highest BCUT2D eigenvalue weighted by Crippen LogP contribution is 2.25. The molecule has 0 aromatic carbocycles. The van der Waals surface area contributed by atoms with Gasteiger partial charge in [0.1, 0.15) is 6.04 Å². The minimum atomic E-state index is -4.55. The zero-order valence-electron chi connectivity index (χ0n) is 11.2. The Bertz CT molecular complexity index is 338. The minimum absolute atomic E-state index is 0.169. The number of nitrogens with zero attached hydrogens (tertiary/aromatic N) is 1. The number of hydrogen-bond acceptors (Lipinski definition) is 3. The first kappa shape index (κ1) is 18.0. The molecule has 2 N–H and O–H groups in total. The van der Waals surface area contributed by atoms with Crippen LogP contribution in [-0.2, 0) is 4.79 Å². The van der Waals surface area contributed by atoms with E-state index in [1.807, 2.05) is 5.32 Å². The lowest BCUT2D eigenvalue weighted by molar-refractivity contribution is -0.184. The van der Waals surface area contributed by atoms with Gasteiger partial charge in [-0.3, -0.25) is 9.69 Å². The van der Waals surface area contributed by atoms with Crippen molar-refractivity contribution in [1.82, 2.24) is 15.5 Å². The summed E-state index contributed by atoms with van der Waals surface area (Å²) < 4.78 is 74.6. The van der Waals surface area contributed by atoms with Crippen molar-refractivity contribution in [2.75, 3.05) is 32.7 Å². The van der Waals surface area contributed by atoms with Crippen LogP contribution in [0.3, 0.4) is 0 Å². The van der Waals surface area contributed by atoms with Gasteiger partial charge in [-0.2, -0.15) is 26.3 Å². The number of nitrogens with one attached hydrogen (secondary N) is 2. The first-order chi connectivity index (χ1) is 9.59. The molecule has 0 radical (unpaired) electrons. The Morgan fingerprint density at radius 2 is 1.71 bits per heavy atom. The highest BCUT2D eigenvalue weighted by atomic mass is 19.4. The molecule has 0 aromatic heterocycles. The van der Waals surface area contributed by atoms with Crippen molar-refractivity contribution in [2.45, 2.75) is 31.2 Å². The molecule has 0 bridgehead atoms. The maximum atomic E-state index is 12.9. The van der Waals surface area contributed by atoms with E-state index >= 15 is 0 Å². The van der Waals surface area contributed by atoms with Crippen LogP contribution in [0.5, 0.6) is 0 Å². The molecule has 0 saturated carbocycles. The topological polar surface area (TPSA) is 44.4 Å². The average molecular weight is 321 g/mol. The quantitative estimate of drug-likeness (QED) is 0.750. The van der Waals surface area contributed by atoms with Crippen LogP contribution in [-0.4, -0.2) is 61.9 Å². The van der Waals surface area contributed by atoms with E-state index in [4.69, 9.17) is 0 Å². The average Bonchev–Trinajstić information content (AvgIpc) is 2.35. The SMILES string of the molecule is O=C(CCC(F)(F)F)NCC(N1CCNCC1)C(F)(F)F. The van der Waals surface area contributed by atoms with Crippen LogP contribution < -0.4 is 10.6 Å². The van der Waals surface area contributed by atoms with E-state index in [2.05, 4.69) is 5.32 Å². The van der Waals surface area contributed by atoms with Gasteiger partial charge in [-0.1, -0.05) is 0 Å². The molecule has 1 saturated heterocycles. The molecule has 0 aromatic rings. The fourth-order valence-electron chi connectivity index (χ4n) is 2.00. The Morgan fingerprint density at radius 3 is 2.19 bits per heavy atom. The summed E-state index contributed by atoms with van der Waals surface area (Å²) in [6.45, 7) is 0.397. The lowest BCUT2D eigenvalue weighted by atomic mass is 10.2. The van der Waals surface area contributed by atoms with Crippen molar-refractivity contribution in [3.8, 4) is 0 Å². The third-order valence-electron chi connectivity index (χ3n) is 3.10. The van der Waals surface area contributed by atoms with Crippen molar-refractivity contribution < 1.29 is 31.1 Å². The van der Waals surface area contributed by atoms with E-state index in [0.29, 0.717) is 13.1 Å². The maximum absolute atomic E-state index is 12.9. The van der Waals surface area contributed by atoms with Gasteiger partial charge in [0.15, 0.2) is 0 Å². The summed E-state index contributed by atoms with van der Waals surface area (Å²) in [5.41, 5.74) is 0. The number of carbonyl (C=O) groups excluding carboxylic acids is 1. The van der Waals surface area contributed by atoms with Crippen LogP contribution in [0.4, 0.5) is 26.3 Å². The Balaban J connectivity index is 2.48. The predicted octanol–water partition coefficient (Wildman–Crippen LogP) is 1.28. The van der Waals surface area contributed by atoms with Crippen LogP contribution >= 0.6 is 0 Å². The summed E-state index contributed by atoms with van der Waals surface area (Å²) in [6.07, 6.45) is -11.3. The normalized spacial score (nSPS) is 19.3. The Kier molecular flexibility index (Phi) is 6.26. The smallest absolute Gasteiger partial charge is 0.354 e. The van der Waals surface area contributed by atoms with E-state index < -0.39 is 43.7 Å². The molecule has 1 heterocycles. The second kappa shape index (κ2) is 7.30. The third-order valence-corrected chi connectivity index (χ3v) is 3.10. The largest absolute Gasteiger partial charge is 0.405 e. The van der Waals surface area contributed by atoms with Crippen LogP contribution in [0.25, 0.3) is 0 Å². The van der Waals surface area contributed by atoms with Crippen molar-refractivity contribution in [3.05, 3.63) is 0 Å². The van der Waals surface area contributed by atoms with Crippen molar-refractivity contribution in [3.63, 3.8) is 0 Å². The number of alkyl halides is 6. The van der Waals surface area contributed by atoms with Crippen LogP contribution in [0.2, 0.25) is 0 Å². The number of halogens is 6. The van der Waals surface area contributed by atoms with Gasteiger partial charge < -0.3 is 10.6 Å². The van der Waals surface area contributed by atoms with Gasteiger partial charge in [-0.05, 0) is 0 Å². The fraction of sp³-hybridized carbons (Fsp3) is 0.909. The minimum Gasteiger partial charge on any atom is -0.354 e. The van der Waals surface area contributed by atoms with E-state index in [0.717, 1.165) is 0 Å². The molecular formula is C11H17F6N3O. The first-order valence-electron chi connectivity index (χ1n) is 6.44. The molecule has 21 heavy (non-hydrogen) atoms. The number of amides is 1. The van der Waals surface area contributed by atoms with Gasteiger partial charge in [0, 0.05) is 39.1 Å². The van der Waals surface area contributed by atoms with Crippen LogP contribution in [0.15, 0.2) is 0 Å². The van der Waals surface area contributed by atoms with Gasteiger partial charge in [-0.25, -0.2) is 0 Å². The zero-order chi connectivity index (χ0) is 16.1. The molecule has 1 unspecified atom stereocenters. The molecule has 1 fully saturated rings. The molecule has 1 atom stereocenters. The third kappa shape index (κ3) is 6.98. The zero-order valence-corrected chi connectivity index (χ0v) is 11.2. The summed E-state index contributed by atoms with van der Waals surface area (Å²) in [5, 5.41) is 4.84. The number of piperazine rings is 1. The highest BCUT2D eigenvalue weighted by Gasteiger charge is 2.43. The van der Waals surface area contributed by atoms with Gasteiger partial charge in [0.05, 0.1) is 6.42 Å². The lowest BCUT2D eigenvalue weighted by Gasteiger charge is -2.35. The summed E-state index contributed by atoms with van der Waals surface area (Å²) in [4.78, 5) is 12.4. The van der Waals surface area contributed by atoms with Crippen molar-refractivity contribution in [2.24, 2.45) is 0 Å². The van der Waals surface area contributed by atoms with Crippen LogP contribution in [0, 0.1) is 0 Å². The van der Waals surface area contributed by atoms with E-state index in [1.54, 1.807) is 0 Å². The van der Waals surface area contributed by atoms with Gasteiger partial charge in [0.25, 0.3) is 0 Å². The van der Waals surface area contributed by atoms with Gasteiger partial charge >= 0.3 is 12.4 Å². The number of carbonyl (C=O) groups is 1. The Labute approximate surface area is 117 Å². The van der Waals surface area contributed by atoms with Crippen molar-refractivity contribution in [1.29, 1.82) is 0 Å². The Hall–Kier alpha value is -1.03. The molecule has 10 heteroatoms. The molecule has 4 nitrogen and oxygen atoms in total. The second-order valence-electron chi connectivity index (χ2n) is 4.76. The molecule has 1 amide bonds. The van der Waals surface area contributed by atoms with Gasteiger partial charge in [0.2, 0.25) is 5.91 Å². The standard InChI is InChI=1S/C11H17F6N3O/c12-10(13,14)2-1-9(21)19-7-8(11(15,16)17)20-5-3-18-4-6-20/h8,18H,1-7H2,(H,19,21). The summed E-state index contributed by atoms with van der Waals surface area (Å²) in [5.74, 6) is -1.03.